The molecule has 1 aromatic heterocycles. The Labute approximate surface area is 70.9 Å². The van der Waals surface area contributed by atoms with Crippen LogP contribution in [0.4, 0.5) is 0 Å². The third-order valence-electron chi connectivity index (χ3n) is 1.76. The summed E-state index contributed by atoms with van der Waals surface area (Å²) in [4.78, 5) is 13.6. The SMILES string of the molecule is CC(C)Cc1[nH]c(=O)n(C)c1O. The number of rotatable bonds is 2. The molecule has 0 saturated heterocycles. The number of H-pyrrole nitrogens is 1. The molecule has 0 amide bonds. The lowest BCUT2D eigenvalue weighted by molar-refractivity contribution is 0.419. The van der Waals surface area contributed by atoms with Crippen LogP contribution >= 0.6 is 0 Å². The Morgan fingerprint density at radius 2 is 2.17 bits per heavy atom. The van der Waals surface area contributed by atoms with Crippen LogP contribution in [-0.2, 0) is 13.5 Å². The largest absolute Gasteiger partial charge is 0.493 e. The minimum Gasteiger partial charge on any atom is -0.493 e. The van der Waals surface area contributed by atoms with E-state index in [1.165, 1.54) is 11.6 Å². The zero-order valence-electron chi connectivity index (χ0n) is 7.59. The summed E-state index contributed by atoms with van der Waals surface area (Å²) >= 11 is 0. The van der Waals surface area contributed by atoms with Crippen LogP contribution in [0.5, 0.6) is 5.88 Å². The van der Waals surface area contributed by atoms with Gasteiger partial charge in [-0.05, 0) is 12.3 Å². The maximum Gasteiger partial charge on any atom is 0.328 e. The Kier molecular flexibility index (Phi) is 2.26. The molecule has 0 atom stereocenters. The van der Waals surface area contributed by atoms with Gasteiger partial charge in [-0.2, -0.15) is 0 Å². The lowest BCUT2D eigenvalue weighted by atomic mass is 10.1. The molecule has 0 saturated carbocycles. The van der Waals surface area contributed by atoms with Crippen molar-refractivity contribution in [3.8, 4) is 5.88 Å². The number of aromatic amines is 1. The number of nitrogens with one attached hydrogen (secondary N) is 1. The van der Waals surface area contributed by atoms with E-state index in [1.807, 2.05) is 13.8 Å². The lowest BCUT2D eigenvalue weighted by Gasteiger charge is -2.01. The number of imidazole rings is 1. The molecule has 1 aromatic rings. The Morgan fingerprint density at radius 1 is 1.58 bits per heavy atom. The van der Waals surface area contributed by atoms with Crippen molar-refractivity contribution in [3.63, 3.8) is 0 Å². The number of hydrogen-bond acceptors (Lipinski definition) is 2. The van der Waals surface area contributed by atoms with Gasteiger partial charge in [0.15, 0.2) is 0 Å². The van der Waals surface area contributed by atoms with Crippen LogP contribution in [0.15, 0.2) is 4.79 Å². The van der Waals surface area contributed by atoms with Gasteiger partial charge in [0.2, 0.25) is 5.88 Å². The minimum absolute atomic E-state index is 0.0497. The van der Waals surface area contributed by atoms with Crippen molar-refractivity contribution in [2.45, 2.75) is 20.3 Å². The zero-order valence-corrected chi connectivity index (χ0v) is 7.59. The Bertz CT molecular complexity index is 322. The van der Waals surface area contributed by atoms with Gasteiger partial charge < -0.3 is 10.1 Å². The third kappa shape index (κ3) is 1.52. The molecule has 0 fully saturated rings. The fourth-order valence-electron chi connectivity index (χ4n) is 1.12. The van der Waals surface area contributed by atoms with E-state index in [1.54, 1.807) is 0 Å². The van der Waals surface area contributed by atoms with E-state index in [4.69, 9.17) is 0 Å². The molecule has 12 heavy (non-hydrogen) atoms. The van der Waals surface area contributed by atoms with Crippen LogP contribution in [-0.4, -0.2) is 14.7 Å². The van der Waals surface area contributed by atoms with Gasteiger partial charge in [0, 0.05) is 7.05 Å². The highest BCUT2D eigenvalue weighted by Gasteiger charge is 2.10. The highest BCUT2D eigenvalue weighted by Crippen LogP contribution is 2.14. The first-order chi connectivity index (χ1) is 5.52. The first kappa shape index (κ1) is 8.90. The molecule has 0 aliphatic heterocycles. The molecule has 0 aliphatic carbocycles. The maximum absolute atomic E-state index is 11.0. The second kappa shape index (κ2) is 3.05. The first-order valence-electron chi connectivity index (χ1n) is 3.99. The fourth-order valence-corrected chi connectivity index (χ4v) is 1.12. The van der Waals surface area contributed by atoms with E-state index in [2.05, 4.69) is 4.98 Å². The molecule has 2 N–H and O–H groups in total. The first-order valence-corrected chi connectivity index (χ1v) is 3.99. The zero-order chi connectivity index (χ0) is 9.30. The molecule has 0 bridgehead atoms. The highest BCUT2D eigenvalue weighted by atomic mass is 16.3. The van der Waals surface area contributed by atoms with Gasteiger partial charge in [0.1, 0.15) is 0 Å². The average molecular weight is 170 g/mol. The predicted octanol–water partition coefficient (Wildman–Crippen LogP) is 0.617. The van der Waals surface area contributed by atoms with Crippen LogP contribution < -0.4 is 5.69 Å². The van der Waals surface area contributed by atoms with Gasteiger partial charge in [-0.1, -0.05) is 13.8 Å². The number of hydrogen-bond donors (Lipinski definition) is 2. The van der Waals surface area contributed by atoms with Crippen molar-refractivity contribution in [3.05, 3.63) is 16.2 Å². The molecule has 0 aliphatic rings. The van der Waals surface area contributed by atoms with Gasteiger partial charge in [0.25, 0.3) is 0 Å². The van der Waals surface area contributed by atoms with Crippen molar-refractivity contribution in [2.24, 2.45) is 13.0 Å². The molecular weight excluding hydrogens is 156 g/mol. The Hall–Kier alpha value is -1.19. The van der Waals surface area contributed by atoms with E-state index >= 15 is 0 Å². The number of aromatic nitrogens is 2. The van der Waals surface area contributed by atoms with E-state index < -0.39 is 0 Å². The molecule has 0 unspecified atom stereocenters. The molecule has 1 rings (SSSR count). The molecule has 0 radical (unpaired) electrons. The summed E-state index contributed by atoms with van der Waals surface area (Å²) in [5.74, 6) is 0.475. The third-order valence-corrected chi connectivity index (χ3v) is 1.76. The van der Waals surface area contributed by atoms with Crippen LogP contribution in [0, 0.1) is 5.92 Å². The van der Waals surface area contributed by atoms with E-state index in [0.717, 1.165) is 0 Å². The van der Waals surface area contributed by atoms with Crippen LogP contribution in [0.2, 0.25) is 0 Å². The van der Waals surface area contributed by atoms with Crippen molar-refractivity contribution < 1.29 is 5.11 Å². The summed E-state index contributed by atoms with van der Waals surface area (Å²) in [5, 5.41) is 9.40. The van der Waals surface area contributed by atoms with Crippen molar-refractivity contribution >= 4 is 0 Å². The molecule has 1 heterocycles. The van der Waals surface area contributed by atoms with E-state index in [0.29, 0.717) is 18.0 Å². The summed E-state index contributed by atoms with van der Waals surface area (Å²) in [7, 11) is 1.54. The van der Waals surface area contributed by atoms with Gasteiger partial charge in [-0.3, -0.25) is 4.57 Å². The quantitative estimate of drug-likeness (QED) is 0.683. The fraction of sp³-hybridized carbons (Fsp3) is 0.625. The normalized spacial score (nSPS) is 11.0. The van der Waals surface area contributed by atoms with Crippen molar-refractivity contribution in [2.75, 3.05) is 0 Å². The second-order valence-corrected chi connectivity index (χ2v) is 3.39. The number of nitrogens with zero attached hydrogens (tertiary/aromatic N) is 1. The maximum atomic E-state index is 11.0. The summed E-state index contributed by atoms with van der Waals surface area (Å²) in [6.07, 6.45) is 0.696. The summed E-state index contributed by atoms with van der Waals surface area (Å²) in [6.45, 7) is 4.06. The van der Waals surface area contributed by atoms with Gasteiger partial charge in [-0.25, -0.2) is 4.79 Å². The predicted molar refractivity (Wildman–Crippen MR) is 46.2 cm³/mol. The standard InChI is InChI=1S/C8H14N2O2/c1-5(2)4-6-7(11)10(3)8(12)9-6/h5,11H,4H2,1-3H3,(H,9,12). The van der Waals surface area contributed by atoms with Gasteiger partial charge in [-0.15, -0.1) is 0 Å². The molecular formula is C8H14N2O2. The van der Waals surface area contributed by atoms with Gasteiger partial charge in [0.05, 0.1) is 5.69 Å². The smallest absolute Gasteiger partial charge is 0.328 e. The summed E-state index contributed by atoms with van der Waals surface area (Å²) < 4.78 is 1.21. The van der Waals surface area contributed by atoms with Gasteiger partial charge >= 0.3 is 5.69 Å². The molecule has 0 spiro atoms. The summed E-state index contributed by atoms with van der Waals surface area (Å²) in [6, 6.07) is 0. The molecule has 4 heteroatoms. The lowest BCUT2D eigenvalue weighted by Crippen LogP contribution is -2.11. The molecule has 4 nitrogen and oxygen atoms in total. The minimum atomic E-state index is -0.261. The van der Waals surface area contributed by atoms with E-state index in [-0.39, 0.29) is 11.6 Å². The second-order valence-electron chi connectivity index (χ2n) is 3.39. The summed E-state index contributed by atoms with van der Waals surface area (Å²) in [5.41, 5.74) is 0.362. The average Bonchev–Trinajstić information content (AvgIpc) is 2.17. The highest BCUT2D eigenvalue weighted by molar-refractivity contribution is 5.18. The van der Waals surface area contributed by atoms with Crippen molar-refractivity contribution in [1.29, 1.82) is 0 Å². The Balaban J connectivity index is 3.02. The number of aromatic hydroxyl groups is 1. The monoisotopic (exact) mass is 170 g/mol. The van der Waals surface area contributed by atoms with E-state index in [9.17, 15) is 9.90 Å². The van der Waals surface area contributed by atoms with Crippen molar-refractivity contribution in [1.82, 2.24) is 9.55 Å². The molecule has 0 aromatic carbocycles. The topological polar surface area (TPSA) is 58.0 Å². The van der Waals surface area contributed by atoms with Crippen LogP contribution in [0.25, 0.3) is 0 Å². The van der Waals surface area contributed by atoms with Crippen LogP contribution in [0.3, 0.4) is 0 Å². The Morgan fingerprint density at radius 3 is 2.50 bits per heavy atom. The van der Waals surface area contributed by atoms with Crippen LogP contribution in [0.1, 0.15) is 19.5 Å². The molecule has 68 valence electrons.